The number of hydrogen-bond acceptors (Lipinski definition) is 5. The molecule has 2 aromatic heterocycles. The van der Waals surface area contributed by atoms with Crippen molar-refractivity contribution in [3.63, 3.8) is 0 Å². The van der Waals surface area contributed by atoms with Gasteiger partial charge in [-0.3, -0.25) is 0 Å². The second-order valence-electron chi connectivity index (χ2n) is 6.44. The molecule has 5 nitrogen and oxygen atoms in total. The van der Waals surface area contributed by atoms with Gasteiger partial charge in [-0.25, -0.2) is 9.18 Å². The summed E-state index contributed by atoms with van der Waals surface area (Å²) in [5.74, 6) is 0.401. The molecule has 0 radical (unpaired) electrons. The third kappa shape index (κ3) is 4.07. The van der Waals surface area contributed by atoms with Gasteiger partial charge in [0.05, 0.1) is 30.2 Å². The first-order valence-electron chi connectivity index (χ1n) is 9.10. The van der Waals surface area contributed by atoms with Gasteiger partial charge in [0.25, 0.3) is 0 Å². The maximum Gasteiger partial charge on any atom is 0.336 e. The average molecular weight is 382 g/mol. The van der Waals surface area contributed by atoms with E-state index in [1.54, 1.807) is 30.5 Å². The molecule has 0 aliphatic rings. The van der Waals surface area contributed by atoms with Crippen molar-refractivity contribution in [2.24, 2.45) is 0 Å². The highest BCUT2D eigenvalue weighted by atomic mass is 19.1. The standard InChI is InChI=1S/C22H19FO5/c23-16-5-3-15(4-6-16)14-25-10-1-2-11-27-22-17-7-8-21(24)28-20(17)13-19-18(22)9-12-26-19/h3-9,12-13H,1-2,10-11,14H2. The Labute approximate surface area is 160 Å². The Kier molecular flexibility index (Phi) is 5.39. The lowest BCUT2D eigenvalue weighted by atomic mass is 10.1. The lowest BCUT2D eigenvalue weighted by Crippen LogP contribution is -2.02. The fourth-order valence-corrected chi connectivity index (χ4v) is 3.02. The number of rotatable bonds is 8. The molecule has 0 aliphatic carbocycles. The highest BCUT2D eigenvalue weighted by molar-refractivity contribution is 6.01. The molecule has 2 heterocycles. The minimum absolute atomic E-state index is 0.250. The van der Waals surface area contributed by atoms with E-state index in [0.29, 0.717) is 36.7 Å². The number of fused-ring (bicyclic) bond motifs is 2. The highest BCUT2D eigenvalue weighted by Crippen LogP contribution is 2.35. The lowest BCUT2D eigenvalue weighted by Gasteiger charge is -2.10. The fraction of sp³-hybridized carbons (Fsp3) is 0.227. The molecule has 144 valence electrons. The number of ether oxygens (including phenoxy) is 2. The van der Waals surface area contributed by atoms with Gasteiger partial charge >= 0.3 is 5.63 Å². The van der Waals surface area contributed by atoms with E-state index in [-0.39, 0.29) is 5.82 Å². The Bertz CT molecular complexity index is 1130. The van der Waals surface area contributed by atoms with Crippen LogP contribution >= 0.6 is 0 Å². The van der Waals surface area contributed by atoms with Gasteiger partial charge in [-0.15, -0.1) is 0 Å². The molecular formula is C22H19FO5. The number of hydrogen-bond donors (Lipinski definition) is 0. The predicted octanol–water partition coefficient (Wildman–Crippen LogP) is 5.05. The molecule has 0 saturated heterocycles. The van der Waals surface area contributed by atoms with E-state index < -0.39 is 5.63 Å². The van der Waals surface area contributed by atoms with Crippen molar-refractivity contribution in [1.29, 1.82) is 0 Å². The van der Waals surface area contributed by atoms with Gasteiger partial charge in [0.15, 0.2) is 0 Å². The molecule has 6 heteroatoms. The molecule has 0 spiro atoms. The summed E-state index contributed by atoms with van der Waals surface area (Å²) in [6.45, 7) is 1.55. The van der Waals surface area contributed by atoms with Crippen molar-refractivity contribution in [1.82, 2.24) is 0 Å². The van der Waals surface area contributed by atoms with Crippen LogP contribution in [0.15, 0.2) is 68.4 Å². The molecule has 28 heavy (non-hydrogen) atoms. The Balaban J connectivity index is 1.32. The van der Waals surface area contributed by atoms with Crippen LogP contribution < -0.4 is 10.4 Å². The normalized spacial score (nSPS) is 11.3. The fourth-order valence-electron chi connectivity index (χ4n) is 3.02. The number of unbranched alkanes of at least 4 members (excludes halogenated alkanes) is 1. The second kappa shape index (κ2) is 8.27. The van der Waals surface area contributed by atoms with E-state index in [4.69, 9.17) is 18.3 Å². The van der Waals surface area contributed by atoms with Crippen LogP contribution in [0.3, 0.4) is 0 Å². The summed E-state index contributed by atoms with van der Waals surface area (Å²) in [6.07, 6.45) is 3.21. The molecule has 0 aliphatic heterocycles. The zero-order valence-corrected chi connectivity index (χ0v) is 15.2. The average Bonchev–Trinajstić information content (AvgIpc) is 3.16. The van der Waals surface area contributed by atoms with Crippen LogP contribution in [0.4, 0.5) is 4.39 Å². The zero-order chi connectivity index (χ0) is 19.3. The quantitative estimate of drug-likeness (QED) is 0.315. The van der Waals surface area contributed by atoms with Crippen molar-refractivity contribution in [3.05, 3.63) is 76.6 Å². The summed E-state index contributed by atoms with van der Waals surface area (Å²) in [7, 11) is 0. The van der Waals surface area contributed by atoms with Gasteiger partial charge < -0.3 is 18.3 Å². The molecule has 4 rings (SSSR count). The molecule has 0 atom stereocenters. The lowest BCUT2D eigenvalue weighted by molar-refractivity contribution is 0.114. The maximum atomic E-state index is 12.9. The third-order valence-electron chi connectivity index (χ3n) is 4.42. The smallest absolute Gasteiger partial charge is 0.336 e. The summed E-state index contributed by atoms with van der Waals surface area (Å²) in [6, 6.07) is 12.9. The van der Waals surface area contributed by atoms with E-state index >= 15 is 0 Å². The molecule has 0 N–H and O–H groups in total. The van der Waals surface area contributed by atoms with Crippen LogP contribution in [-0.4, -0.2) is 13.2 Å². The first kappa shape index (κ1) is 18.3. The van der Waals surface area contributed by atoms with E-state index in [9.17, 15) is 9.18 Å². The SMILES string of the molecule is O=c1ccc2c(OCCCCOCc3ccc(F)cc3)c3ccoc3cc2o1. The maximum absolute atomic E-state index is 12.9. The van der Waals surface area contributed by atoms with Gasteiger partial charge in [0.1, 0.15) is 22.7 Å². The van der Waals surface area contributed by atoms with Crippen molar-refractivity contribution in [3.8, 4) is 5.75 Å². The van der Waals surface area contributed by atoms with Crippen LogP contribution in [-0.2, 0) is 11.3 Å². The Hall–Kier alpha value is -3.12. The second-order valence-corrected chi connectivity index (χ2v) is 6.44. The van der Waals surface area contributed by atoms with E-state index in [2.05, 4.69) is 0 Å². The summed E-state index contributed by atoms with van der Waals surface area (Å²) in [4.78, 5) is 11.5. The first-order chi connectivity index (χ1) is 13.7. The molecule has 0 amide bonds. The molecular weight excluding hydrogens is 363 g/mol. The van der Waals surface area contributed by atoms with Crippen LogP contribution in [0.5, 0.6) is 5.75 Å². The molecule has 0 fully saturated rings. The molecule has 0 unspecified atom stereocenters. The number of benzene rings is 2. The van der Waals surface area contributed by atoms with Crippen LogP contribution in [0.1, 0.15) is 18.4 Å². The van der Waals surface area contributed by atoms with Crippen LogP contribution in [0.2, 0.25) is 0 Å². The van der Waals surface area contributed by atoms with Crippen LogP contribution in [0, 0.1) is 5.82 Å². The minimum Gasteiger partial charge on any atom is -0.492 e. The van der Waals surface area contributed by atoms with Crippen molar-refractivity contribution < 1.29 is 22.7 Å². The van der Waals surface area contributed by atoms with Gasteiger partial charge in [-0.2, -0.15) is 0 Å². The van der Waals surface area contributed by atoms with Crippen molar-refractivity contribution in [2.75, 3.05) is 13.2 Å². The molecule has 0 bridgehead atoms. The highest BCUT2D eigenvalue weighted by Gasteiger charge is 2.13. The van der Waals surface area contributed by atoms with E-state index in [1.165, 1.54) is 18.2 Å². The van der Waals surface area contributed by atoms with E-state index in [0.717, 1.165) is 29.2 Å². The zero-order valence-electron chi connectivity index (χ0n) is 15.2. The summed E-state index contributed by atoms with van der Waals surface area (Å²) in [5.41, 5.74) is 1.58. The monoisotopic (exact) mass is 382 g/mol. The largest absolute Gasteiger partial charge is 0.492 e. The van der Waals surface area contributed by atoms with Crippen molar-refractivity contribution >= 4 is 21.9 Å². The predicted molar refractivity (Wildman–Crippen MR) is 103 cm³/mol. The van der Waals surface area contributed by atoms with Gasteiger partial charge in [-0.05, 0) is 42.7 Å². The van der Waals surface area contributed by atoms with Crippen LogP contribution in [0.25, 0.3) is 21.9 Å². The molecule has 2 aromatic carbocycles. The number of furan rings is 1. The Morgan fingerprint density at radius 2 is 1.68 bits per heavy atom. The summed E-state index contributed by atoms with van der Waals surface area (Å²) >= 11 is 0. The Morgan fingerprint density at radius 1 is 0.893 bits per heavy atom. The van der Waals surface area contributed by atoms with Gasteiger partial charge in [-0.1, -0.05) is 12.1 Å². The van der Waals surface area contributed by atoms with Crippen molar-refractivity contribution in [2.45, 2.75) is 19.4 Å². The number of halogens is 1. The third-order valence-corrected chi connectivity index (χ3v) is 4.42. The molecule has 4 aromatic rings. The summed E-state index contributed by atoms with van der Waals surface area (Å²) in [5, 5.41) is 1.58. The summed E-state index contributed by atoms with van der Waals surface area (Å²) < 4.78 is 35.1. The van der Waals surface area contributed by atoms with Gasteiger partial charge in [0.2, 0.25) is 0 Å². The topological polar surface area (TPSA) is 61.8 Å². The first-order valence-corrected chi connectivity index (χ1v) is 9.10. The molecule has 0 saturated carbocycles. The minimum atomic E-state index is -0.414. The van der Waals surface area contributed by atoms with Gasteiger partial charge in [0, 0.05) is 18.7 Å². The Morgan fingerprint density at radius 3 is 2.54 bits per heavy atom. The van der Waals surface area contributed by atoms with E-state index in [1.807, 2.05) is 6.07 Å².